The van der Waals surface area contributed by atoms with Gasteiger partial charge in [0.25, 0.3) is 0 Å². The monoisotopic (exact) mass is 138 g/mol. The van der Waals surface area contributed by atoms with Gasteiger partial charge >= 0.3 is 0 Å². The molecule has 0 aliphatic heterocycles. The zero-order valence-electron chi connectivity index (χ0n) is 5.46. The largest absolute Gasteiger partial charge is 0.392 e. The molecule has 0 saturated heterocycles. The molecule has 56 valence electrons. The molecule has 0 radical (unpaired) electrons. The minimum atomic E-state index is 0. The van der Waals surface area contributed by atoms with Crippen LogP contribution in [0.4, 0.5) is 0 Å². The van der Waals surface area contributed by atoms with E-state index in [4.69, 9.17) is 5.11 Å². The SMILES string of the molecule is C.Cc1ccc(CO)cc1. The van der Waals surface area contributed by atoms with Gasteiger partial charge in [0.15, 0.2) is 0 Å². The van der Waals surface area contributed by atoms with Crippen molar-refractivity contribution in [2.24, 2.45) is 0 Å². The van der Waals surface area contributed by atoms with E-state index in [9.17, 15) is 0 Å². The van der Waals surface area contributed by atoms with E-state index in [1.54, 1.807) is 0 Å². The molecule has 0 saturated carbocycles. The number of hydrogen-bond acceptors (Lipinski definition) is 1. The van der Waals surface area contributed by atoms with Crippen LogP contribution in [0.5, 0.6) is 0 Å². The van der Waals surface area contributed by atoms with Gasteiger partial charge in [-0.25, -0.2) is 0 Å². The Labute approximate surface area is 62.3 Å². The summed E-state index contributed by atoms with van der Waals surface area (Å²) >= 11 is 0. The van der Waals surface area contributed by atoms with Crippen molar-refractivity contribution in [3.05, 3.63) is 35.4 Å². The van der Waals surface area contributed by atoms with E-state index in [1.165, 1.54) is 5.56 Å². The molecule has 0 amide bonds. The summed E-state index contributed by atoms with van der Waals surface area (Å²) in [5.74, 6) is 0. The zero-order chi connectivity index (χ0) is 6.69. The van der Waals surface area contributed by atoms with Gasteiger partial charge in [0, 0.05) is 0 Å². The highest BCUT2D eigenvalue weighted by atomic mass is 16.3. The summed E-state index contributed by atoms with van der Waals surface area (Å²) < 4.78 is 0. The number of aliphatic hydroxyl groups excluding tert-OH is 1. The lowest BCUT2D eigenvalue weighted by Gasteiger charge is -1.93. The van der Waals surface area contributed by atoms with Crippen LogP contribution in [0.2, 0.25) is 0 Å². The van der Waals surface area contributed by atoms with E-state index >= 15 is 0 Å². The van der Waals surface area contributed by atoms with E-state index in [0.717, 1.165) is 5.56 Å². The first-order valence-electron chi connectivity index (χ1n) is 2.99. The molecular weight excluding hydrogens is 124 g/mol. The van der Waals surface area contributed by atoms with Gasteiger partial charge in [-0.15, -0.1) is 0 Å². The number of aliphatic hydroxyl groups is 1. The number of benzene rings is 1. The van der Waals surface area contributed by atoms with Gasteiger partial charge in [-0.2, -0.15) is 0 Å². The van der Waals surface area contributed by atoms with Crippen molar-refractivity contribution in [1.82, 2.24) is 0 Å². The molecule has 0 spiro atoms. The lowest BCUT2D eigenvalue weighted by atomic mass is 10.2. The molecule has 0 aliphatic carbocycles. The molecule has 10 heavy (non-hydrogen) atoms. The van der Waals surface area contributed by atoms with Crippen LogP contribution >= 0.6 is 0 Å². The summed E-state index contributed by atoms with van der Waals surface area (Å²) in [5, 5.41) is 8.63. The Hall–Kier alpha value is -0.820. The first-order valence-corrected chi connectivity index (χ1v) is 2.99. The molecular formula is C9H14O. The summed E-state index contributed by atoms with van der Waals surface area (Å²) in [4.78, 5) is 0. The topological polar surface area (TPSA) is 20.2 Å². The van der Waals surface area contributed by atoms with Crippen LogP contribution in [0, 0.1) is 6.92 Å². The van der Waals surface area contributed by atoms with Gasteiger partial charge in [0.1, 0.15) is 0 Å². The van der Waals surface area contributed by atoms with Crippen molar-refractivity contribution in [2.45, 2.75) is 21.0 Å². The van der Waals surface area contributed by atoms with Crippen molar-refractivity contribution in [3.63, 3.8) is 0 Å². The molecule has 0 heterocycles. The first-order chi connectivity index (χ1) is 4.33. The average molecular weight is 138 g/mol. The molecule has 0 atom stereocenters. The van der Waals surface area contributed by atoms with Gasteiger partial charge < -0.3 is 5.11 Å². The van der Waals surface area contributed by atoms with Gasteiger partial charge in [0.05, 0.1) is 6.61 Å². The maximum Gasteiger partial charge on any atom is 0.0681 e. The van der Waals surface area contributed by atoms with Crippen LogP contribution in [0.15, 0.2) is 24.3 Å². The fourth-order valence-corrected chi connectivity index (χ4v) is 0.693. The standard InChI is InChI=1S/C8H10O.CH4/c1-7-2-4-8(6-9)5-3-7;/h2-5,9H,6H2,1H3;1H4. The molecule has 0 unspecified atom stereocenters. The molecule has 0 fully saturated rings. The fraction of sp³-hybridized carbons (Fsp3) is 0.333. The summed E-state index contributed by atoms with van der Waals surface area (Å²) in [6.45, 7) is 2.17. The van der Waals surface area contributed by atoms with E-state index in [2.05, 4.69) is 0 Å². The Morgan fingerprint density at radius 1 is 1.20 bits per heavy atom. The zero-order valence-corrected chi connectivity index (χ0v) is 5.46. The van der Waals surface area contributed by atoms with E-state index in [1.807, 2.05) is 31.2 Å². The fourth-order valence-electron chi connectivity index (χ4n) is 0.693. The summed E-state index contributed by atoms with van der Waals surface area (Å²) in [7, 11) is 0. The van der Waals surface area contributed by atoms with Gasteiger partial charge in [-0.1, -0.05) is 37.3 Å². The molecule has 1 aromatic rings. The quantitative estimate of drug-likeness (QED) is 0.630. The number of hydrogen-bond donors (Lipinski definition) is 1. The van der Waals surface area contributed by atoms with E-state index < -0.39 is 0 Å². The maximum atomic E-state index is 8.63. The third-order valence-corrected chi connectivity index (χ3v) is 1.30. The third kappa shape index (κ3) is 2.19. The normalized spacial score (nSPS) is 8.60. The van der Waals surface area contributed by atoms with Gasteiger partial charge in [0.2, 0.25) is 0 Å². The van der Waals surface area contributed by atoms with Crippen molar-refractivity contribution in [3.8, 4) is 0 Å². The second-order valence-electron chi connectivity index (χ2n) is 2.14. The Balaban J connectivity index is 0.000000810. The van der Waals surface area contributed by atoms with Crippen LogP contribution in [-0.4, -0.2) is 5.11 Å². The lowest BCUT2D eigenvalue weighted by Crippen LogP contribution is -1.80. The highest BCUT2D eigenvalue weighted by molar-refractivity contribution is 5.20. The second kappa shape index (κ2) is 4.07. The van der Waals surface area contributed by atoms with Crippen molar-refractivity contribution in [1.29, 1.82) is 0 Å². The average Bonchev–Trinajstić information content (AvgIpc) is 1.90. The Bertz CT molecular complexity index is 176. The number of aryl methyl sites for hydroxylation is 1. The Morgan fingerprint density at radius 2 is 1.70 bits per heavy atom. The van der Waals surface area contributed by atoms with Crippen LogP contribution in [0.3, 0.4) is 0 Å². The lowest BCUT2D eigenvalue weighted by molar-refractivity contribution is 0.282. The smallest absolute Gasteiger partial charge is 0.0681 e. The Morgan fingerprint density at radius 3 is 2.10 bits per heavy atom. The highest BCUT2D eigenvalue weighted by Gasteiger charge is 1.85. The van der Waals surface area contributed by atoms with Crippen LogP contribution in [0.25, 0.3) is 0 Å². The molecule has 1 N–H and O–H groups in total. The molecule has 1 aromatic carbocycles. The predicted octanol–water partition coefficient (Wildman–Crippen LogP) is 2.12. The predicted molar refractivity (Wildman–Crippen MR) is 43.8 cm³/mol. The van der Waals surface area contributed by atoms with Gasteiger partial charge in [-0.05, 0) is 12.5 Å². The summed E-state index contributed by atoms with van der Waals surface area (Å²) in [5.41, 5.74) is 2.20. The van der Waals surface area contributed by atoms with Crippen molar-refractivity contribution >= 4 is 0 Å². The van der Waals surface area contributed by atoms with Crippen molar-refractivity contribution < 1.29 is 5.11 Å². The molecule has 1 nitrogen and oxygen atoms in total. The van der Waals surface area contributed by atoms with Crippen LogP contribution in [-0.2, 0) is 6.61 Å². The molecule has 0 aromatic heterocycles. The Kier molecular flexibility index (Phi) is 3.74. The molecule has 1 heteroatoms. The summed E-state index contributed by atoms with van der Waals surface area (Å²) in [6.07, 6.45) is 0. The maximum absolute atomic E-state index is 8.63. The molecule has 0 bridgehead atoms. The second-order valence-corrected chi connectivity index (χ2v) is 2.14. The van der Waals surface area contributed by atoms with Crippen LogP contribution < -0.4 is 0 Å². The van der Waals surface area contributed by atoms with Crippen LogP contribution in [0.1, 0.15) is 18.6 Å². The minimum absolute atomic E-state index is 0. The van der Waals surface area contributed by atoms with E-state index in [0.29, 0.717) is 0 Å². The first kappa shape index (κ1) is 9.18. The van der Waals surface area contributed by atoms with Crippen molar-refractivity contribution in [2.75, 3.05) is 0 Å². The molecule has 0 aliphatic rings. The van der Waals surface area contributed by atoms with Gasteiger partial charge in [-0.3, -0.25) is 0 Å². The highest BCUT2D eigenvalue weighted by Crippen LogP contribution is 2.01. The molecule has 1 rings (SSSR count). The summed E-state index contributed by atoms with van der Waals surface area (Å²) in [6, 6.07) is 7.84. The third-order valence-electron chi connectivity index (χ3n) is 1.30. The number of rotatable bonds is 1. The van der Waals surface area contributed by atoms with E-state index in [-0.39, 0.29) is 14.0 Å². The minimum Gasteiger partial charge on any atom is -0.392 e.